The molecule has 0 saturated carbocycles. The molecule has 6 nitrogen and oxygen atoms in total. The van der Waals surface area contributed by atoms with Crippen molar-refractivity contribution < 1.29 is 13.9 Å². The van der Waals surface area contributed by atoms with Crippen LogP contribution >= 0.6 is 0 Å². The van der Waals surface area contributed by atoms with Crippen LogP contribution < -0.4 is 5.76 Å². The van der Waals surface area contributed by atoms with Crippen molar-refractivity contribution in [2.24, 2.45) is 0 Å². The number of methoxy groups -OCH3 is 1. The van der Waals surface area contributed by atoms with Gasteiger partial charge in [-0.3, -0.25) is 4.57 Å². The maximum Gasteiger partial charge on any atom is 0.421 e. The first-order valence-electron chi connectivity index (χ1n) is 6.30. The molecule has 0 unspecified atom stereocenters. The molecule has 0 bridgehead atoms. The summed E-state index contributed by atoms with van der Waals surface area (Å²) >= 11 is 0. The number of aromatic nitrogens is 2. The summed E-state index contributed by atoms with van der Waals surface area (Å²) in [7, 11) is 1.33. The number of fused-ring (bicyclic) bond motifs is 1. The van der Waals surface area contributed by atoms with Crippen molar-refractivity contribution >= 4 is 17.2 Å². The van der Waals surface area contributed by atoms with Crippen LogP contribution in [0.25, 0.3) is 11.2 Å². The number of pyridine rings is 1. The van der Waals surface area contributed by atoms with Crippen LogP contribution in [0.4, 0.5) is 0 Å². The van der Waals surface area contributed by atoms with Crippen molar-refractivity contribution in [3.8, 4) is 0 Å². The Kier molecular flexibility index (Phi) is 3.27. The molecule has 0 aliphatic heterocycles. The Morgan fingerprint density at radius 1 is 1.29 bits per heavy atom. The fraction of sp³-hybridized carbons (Fsp3) is 0.133. The summed E-state index contributed by atoms with van der Waals surface area (Å²) < 4.78 is 11.2. The number of esters is 1. The monoisotopic (exact) mass is 284 g/mol. The summed E-state index contributed by atoms with van der Waals surface area (Å²) in [5, 5.41) is 0. The molecule has 3 rings (SSSR count). The van der Waals surface area contributed by atoms with Crippen molar-refractivity contribution in [1.82, 2.24) is 9.55 Å². The van der Waals surface area contributed by atoms with Gasteiger partial charge in [-0.2, -0.15) is 0 Å². The molecule has 0 aliphatic carbocycles. The van der Waals surface area contributed by atoms with Crippen LogP contribution in [0.2, 0.25) is 0 Å². The molecule has 0 radical (unpaired) electrons. The smallest absolute Gasteiger partial charge is 0.421 e. The third-order valence-corrected chi connectivity index (χ3v) is 3.14. The maximum atomic E-state index is 11.8. The normalized spacial score (nSPS) is 10.7. The molecular formula is C15H12N2O4. The fourth-order valence-corrected chi connectivity index (χ4v) is 2.09. The summed E-state index contributed by atoms with van der Waals surface area (Å²) in [5.41, 5.74) is 2.27. The molecule has 0 atom stereocenters. The van der Waals surface area contributed by atoms with E-state index in [0.29, 0.717) is 23.3 Å². The van der Waals surface area contributed by atoms with Gasteiger partial charge in [-0.15, -0.1) is 0 Å². The second-order valence-electron chi connectivity index (χ2n) is 4.47. The number of hydrogen-bond acceptors (Lipinski definition) is 5. The van der Waals surface area contributed by atoms with Gasteiger partial charge < -0.3 is 9.15 Å². The van der Waals surface area contributed by atoms with Gasteiger partial charge >= 0.3 is 11.7 Å². The van der Waals surface area contributed by atoms with Crippen LogP contribution in [-0.4, -0.2) is 22.6 Å². The Bertz CT molecular complexity index is 846. The molecule has 21 heavy (non-hydrogen) atoms. The highest BCUT2D eigenvalue weighted by Gasteiger charge is 2.11. The number of rotatable bonds is 3. The zero-order valence-electron chi connectivity index (χ0n) is 11.3. The van der Waals surface area contributed by atoms with Crippen LogP contribution in [0.3, 0.4) is 0 Å². The maximum absolute atomic E-state index is 11.8. The second-order valence-corrected chi connectivity index (χ2v) is 4.47. The average Bonchev–Trinajstić information content (AvgIpc) is 2.83. The lowest BCUT2D eigenvalue weighted by atomic mass is 10.1. The Morgan fingerprint density at radius 2 is 2.05 bits per heavy atom. The summed E-state index contributed by atoms with van der Waals surface area (Å²) in [5.74, 6) is -0.852. The topological polar surface area (TPSA) is 74.3 Å². The molecule has 3 aromatic rings. The zero-order valence-corrected chi connectivity index (χ0v) is 11.3. The minimum atomic E-state index is -0.458. The quantitative estimate of drug-likeness (QED) is 0.686. The largest absolute Gasteiger partial charge is 0.465 e. The molecule has 0 spiro atoms. The lowest BCUT2D eigenvalue weighted by molar-refractivity contribution is 0.0600. The number of ether oxygens (including phenoxy) is 1. The van der Waals surface area contributed by atoms with Crippen LogP contribution in [0.5, 0.6) is 0 Å². The standard InChI is InChI=1S/C15H12N2O4/c1-20-14(18)11-6-4-10(5-7-11)9-17-13-12(21-15(17)19)3-2-8-16-13/h2-8H,9H2,1H3. The number of carbonyl (C=O) groups excluding carboxylic acids is 1. The van der Waals surface area contributed by atoms with Crippen LogP contribution in [0.1, 0.15) is 15.9 Å². The van der Waals surface area contributed by atoms with Crippen molar-refractivity contribution in [2.75, 3.05) is 7.11 Å². The van der Waals surface area contributed by atoms with E-state index >= 15 is 0 Å². The highest BCUT2D eigenvalue weighted by atomic mass is 16.5. The fourth-order valence-electron chi connectivity index (χ4n) is 2.09. The first kappa shape index (κ1) is 13.1. The molecule has 0 aliphatic rings. The van der Waals surface area contributed by atoms with Gasteiger partial charge in [-0.1, -0.05) is 12.1 Å². The highest BCUT2D eigenvalue weighted by molar-refractivity contribution is 5.89. The molecule has 0 saturated heterocycles. The van der Waals surface area contributed by atoms with Gasteiger partial charge in [0.1, 0.15) is 0 Å². The molecule has 2 heterocycles. The third kappa shape index (κ3) is 2.43. The number of oxazole rings is 1. The molecule has 0 fully saturated rings. The Balaban J connectivity index is 1.94. The number of hydrogen-bond donors (Lipinski definition) is 0. The van der Waals surface area contributed by atoms with E-state index in [-0.39, 0.29) is 0 Å². The molecule has 1 aromatic carbocycles. The second kappa shape index (κ2) is 5.24. The van der Waals surface area contributed by atoms with Gasteiger partial charge in [-0.05, 0) is 29.8 Å². The Morgan fingerprint density at radius 3 is 2.76 bits per heavy atom. The van der Waals surface area contributed by atoms with E-state index in [0.717, 1.165) is 5.56 Å². The van der Waals surface area contributed by atoms with E-state index < -0.39 is 11.7 Å². The lowest BCUT2D eigenvalue weighted by Crippen LogP contribution is -2.15. The van der Waals surface area contributed by atoms with Crippen LogP contribution in [0, 0.1) is 0 Å². The van der Waals surface area contributed by atoms with E-state index in [1.807, 2.05) is 0 Å². The predicted octanol–water partition coefficient (Wildman–Crippen LogP) is 1.82. The molecular weight excluding hydrogens is 272 g/mol. The van der Waals surface area contributed by atoms with E-state index in [2.05, 4.69) is 9.72 Å². The molecule has 106 valence electrons. The number of nitrogens with zero attached hydrogens (tertiary/aromatic N) is 2. The zero-order chi connectivity index (χ0) is 14.8. The van der Waals surface area contributed by atoms with Gasteiger partial charge in [0.15, 0.2) is 11.2 Å². The van der Waals surface area contributed by atoms with Crippen molar-refractivity contribution in [3.05, 3.63) is 64.3 Å². The predicted molar refractivity (Wildman–Crippen MR) is 75.2 cm³/mol. The first-order chi connectivity index (χ1) is 10.2. The summed E-state index contributed by atoms with van der Waals surface area (Å²) in [6, 6.07) is 10.2. The van der Waals surface area contributed by atoms with Crippen molar-refractivity contribution in [2.45, 2.75) is 6.54 Å². The molecule has 0 N–H and O–H groups in total. The van der Waals surface area contributed by atoms with E-state index in [1.54, 1.807) is 42.6 Å². The Hall–Kier alpha value is -2.89. The van der Waals surface area contributed by atoms with Crippen LogP contribution in [0.15, 0.2) is 51.8 Å². The molecule has 0 amide bonds. The molecule has 6 heteroatoms. The number of carbonyl (C=O) groups is 1. The van der Waals surface area contributed by atoms with Crippen LogP contribution in [-0.2, 0) is 11.3 Å². The summed E-state index contributed by atoms with van der Waals surface area (Å²) in [4.78, 5) is 27.4. The van der Waals surface area contributed by atoms with E-state index in [4.69, 9.17) is 4.42 Å². The minimum absolute atomic E-state index is 0.324. The van der Waals surface area contributed by atoms with Gasteiger partial charge in [-0.25, -0.2) is 14.6 Å². The van der Waals surface area contributed by atoms with Crippen molar-refractivity contribution in [1.29, 1.82) is 0 Å². The van der Waals surface area contributed by atoms with E-state index in [9.17, 15) is 9.59 Å². The Labute approximate surface area is 119 Å². The first-order valence-corrected chi connectivity index (χ1v) is 6.30. The van der Waals surface area contributed by atoms with Gasteiger partial charge in [0.2, 0.25) is 0 Å². The van der Waals surface area contributed by atoms with Gasteiger partial charge in [0, 0.05) is 6.20 Å². The summed E-state index contributed by atoms with van der Waals surface area (Å²) in [6.07, 6.45) is 1.61. The highest BCUT2D eigenvalue weighted by Crippen LogP contribution is 2.12. The summed E-state index contributed by atoms with van der Waals surface area (Å²) in [6.45, 7) is 0.324. The van der Waals surface area contributed by atoms with Gasteiger partial charge in [0.25, 0.3) is 0 Å². The van der Waals surface area contributed by atoms with Gasteiger partial charge in [0.05, 0.1) is 19.2 Å². The third-order valence-electron chi connectivity index (χ3n) is 3.14. The van der Waals surface area contributed by atoms with Crippen molar-refractivity contribution in [3.63, 3.8) is 0 Å². The van der Waals surface area contributed by atoms with E-state index in [1.165, 1.54) is 11.7 Å². The minimum Gasteiger partial charge on any atom is -0.465 e. The molecule has 2 aromatic heterocycles. The average molecular weight is 284 g/mol. The lowest BCUT2D eigenvalue weighted by Gasteiger charge is -2.03. The SMILES string of the molecule is COC(=O)c1ccc(Cn2c(=O)oc3cccnc32)cc1. The number of benzene rings is 1.